The number of carbonyl (C=O) groups excluding carboxylic acids is 1. The molecule has 3 nitrogen and oxygen atoms in total. The fraction of sp³-hybridized carbons (Fsp3) is 0.235. The van der Waals surface area contributed by atoms with Crippen molar-refractivity contribution in [1.82, 2.24) is 0 Å². The van der Waals surface area contributed by atoms with Crippen molar-refractivity contribution in [2.75, 3.05) is 0 Å². The summed E-state index contributed by atoms with van der Waals surface area (Å²) in [5, 5.41) is 10.0. The second-order valence-corrected chi connectivity index (χ2v) is 9.44. The summed E-state index contributed by atoms with van der Waals surface area (Å²) in [6.45, 7) is 6.00. The maximum atomic E-state index is 12.6. The molecule has 23 heavy (non-hydrogen) atoms. The third-order valence-corrected chi connectivity index (χ3v) is 7.19. The number of rotatable bonds is 2. The molecule has 0 aliphatic carbocycles. The van der Waals surface area contributed by atoms with Crippen molar-refractivity contribution in [3.63, 3.8) is 0 Å². The molecule has 1 N–H and O–H groups in total. The summed E-state index contributed by atoms with van der Waals surface area (Å²) in [5.74, 6) is 0.252. The molecule has 0 aliphatic heterocycles. The summed E-state index contributed by atoms with van der Waals surface area (Å²) in [4.78, 5) is 12.6. The van der Waals surface area contributed by atoms with E-state index in [1.165, 1.54) is 0 Å². The van der Waals surface area contributed by atoms with Crippen molar-refractivity contribution < 1.29 is 14.6 Å². The molecule has 0 atom stereocenters. The van der Waals surface area contributed by atoms with Gasteiger partial charge >= 0.3 is 5.97 Å². The van der Waals surface area contributed by atoms with Gasteiger partial charge in [0.25, 0.3) is 0 Å². The second kappa shape index (κ2) is 7.42. The topological polar surface area (TPSA) is 46.5 Å². The molecule has 2 rings (SSSR count). The van der Waals surface area contributed by atoms with Gasteiger partial charge in [0.1, 0.15) is 11.5 Å². The number of phenolic OH excluding ortho intramolecular Hbond substituents is 1. The molecule has 0 aromatic heterocycles. The van der Waals surface area contributed by atoms with Crippen LogP contribution in [0.3, 0.4) is 0 Å². The Balaban J connectivity index is 2.37. The summed E-state index contributed by atoms with van der Waals surface area (Å²) in [7, 11) is 0. The molecule has 0 amide bonds. The second-order valence-electron chi connectivity index (χ2n) is 6.04. The molecule has 2 aromatic rings. The number of esters is 1. The van der Waals surface area contributed by atoms with Crippen LogP contribution in [0.15, 0.2) is 30.3 Å². The van der Waals surface area contributed by atoms with Crippen LogP contribution in [-0.2, 0) is 5.41 Å². The Morgan fingerprint density at radius 1 is 1.04 bits per heavy atom. The van der Waals surface area contributed by atoms with E-state index in [0.29, 0.717) is 11.3 Å². The molecule has 0 bridgehead atoms. The monoisotopic (exact) mass is 648 g/mol. The predicted molar refractivity (Wildman–Crippen MR) is 116 cm³/mol. The minimum Gasteiger partial charge on any atom is -0.508 e. The summed E-state index contributed by atoms with van der Waals surface area (Å²) in [6.07, 6.45) is 0. The lowest BCUT2D eigenvalue weighted by Gasteiger charge is -2.21. The summed E-state index contributed by atoms with van der Waals surface area (Å²) < 4.78 is 8.29. The summed E-state index contributed by atoms with van der Waals surface area (Å²) in [5.41, 5.74) is 1.08. The molecular weight excluding hydrogens is 633 g/mol. The number of hydrogen-bond acceptors (Lipinski definition) is 3. The average Bonchev–Trinajstić information content (AvgIpc) is 2.44. The van der Waals surface area contributed by atoms with Gasteiger partial charge in [-0.3, -0.25) is 0 Å². The Labute approximate surface area is 176 Å². The van der Waals surface area contributed by atoms with Crippen LogP contribution in [-0.4, -0.2) is 11.1 Å². The fourth-order valence-electron chi connectivity index (χ4n) is 2.05. The maximum absolute atomic E-state index is 12.6. The maximum Gasteiger partial charge on any atom is 0.345 e. The van der Waals surface area contributed by atoms with Crippen LogP contribution in [0.1, 0.15) is 36.7 Å². The number of aromatic hydroxyl groups is 1. The predicted octanol–water partition coefficient (Wildman–Crippen LogP) is 5.72. The van der Waals surface area contributed by atoms with Crippen LogP contribution in [0.5, 0.6) is 11.5 Å². The first-order chi connectivity index (χ1) is 10.6. The van der Waals surface area contributed by atoms with E-state index in [0.717, 1.165) is 16.3 Å². The number of carbonyl (C=O) groups is 1. The molecular formula is C17H15I3O3. The molecule has 0 radical (unpaired) electrons. The van der Waals surface area contributed by atoms with Crippen molar-refractivity contribution in [2.45, 2.75) is 26.2 Å². The van der Waals surface area contributed by atoms with Crippen molar-refractivity contribution in [3.8, 4) is 11.5 Å². The van der Waals surface area contributed by atoms with Crippen LogP contribution in [0.25, 0.3) is 0 Å². The minimum absolute atomic E-state index is 0.204. The number of benzene rings is 2. The van der Waals surface area contributed by atoms with Crippen LogP contribution in [0.2, 0.25) is 0 Å². The summed E-state index contributed by atoms with van der Waals surface area (Å²) >= 11 is 6.50. The number of ether oxygens (including phenoxy) is 1. The van der Waals surface area contributed by atoms with Gasteiger partial charge in [-0.1, -0.05) is 20.8 Å². The highest BCUT2D eigenvalue weighted by atomic mass is 127. The Morgan fingerprint density at radius 2 is 1.65 bits per heavy atom. The summed E-state index contributed by atoms with van der Waals surface area (Å²) in [6, 6.07) is 8.77. The van der Waals surface area contributed by atoms with Crippen LogP contribution in [0, 0.1) is 10.7 Å². The molecule has 0 heterocycles. The van der Waals surface area contributed by atoms with E-state index in [2.05, 4.69) is 67.8 Å². The highest BCUT2D eigenvalue weighted by Gasteiger charge is 2.22. The average molecular weight is 648 g/mol. The van der Waals surface area contributed by atoms with E-state index in [9.17, 15) is 9.90 Å². The van der Waals surface area contributed by atoms with Crippen molar-refractivity contribution in [2.24, 2.45) is 0 Å². The fourth-order valence-corrected chi connectivity index (χ4v) is 4.38. The Bertz CT molecular complexity index is 764. The van der Waals surface area contributed by atoms with Crippen LogP contribution in [0.4, 0.5) is 0 Å². The van der Waals surface area contributed by atoms with Gasteiger partial charge in [0.15, 0.2) is 0 Å². The molecule has 0 spiro atoms. The highest BCUT2D eigenvalue weighted by Crippen LogP contribution is 2.34. The van der Waals surface area contributed by atoms with E-state index in [-0.39, 0.29) is 17.1 Å². The number of hydrogen-bond donors (Lipinski definition) is 1. The third-order valence-electron chi connectivity index (χ3n) is 3.23. The largest absolute Gasteiger partial charge is 0.508 e. The van der Waals surface area contributed by atoms with E-state index in [4.69, 9.17) is 4.74 Å². The SMILES string of the molecule is CC(C)(C)c1cc(OC(=O)c2c(I)ccc(I)c2I)ccc1O. The standard InChI is InChI=1S/C17H15I3O3/c1-17(2,3)10-8-9(4-7-13(10)21)23-16(22)14-11(18)5-6-12(19)15(14)20/h4-8,21H,1-3H3. The molecule has 0 saturated carbocycles. The molecule has 122 valence electrons. The normalized spacial score (nSPS) is 11.4. The molecule has 0 fully saturated rings. The minimum atomic E-state index is -0.386. The van der Waals surface area contributed by atoms with Crippen molar-refractivity contribution in [3.05, 3.63) is 52.2 Å². The quantitative estimate of drug-likeness (QED) is 0.196. The first kappa shape index (κ1) is 19.2. The van der Waals surface area contributed by atoms with E-state index < -0.39 is 0 Å². The number of phenols is 1. The third kappa shape index (κ3) is 4.50. The Hall–Kier alpha value is -0.100. The van der Waals surface area contributed by atoms with Gasteiger partial charge in [-0.2, -0.15) is 0 Å². The zero-order valence-corrected chi connectivity index (χ0v) is 19.3. The Kier molecular flexibility index (Phi) is 6.21. The van der Waals surface area contributed by atoms with Gasteiger partial charge in [0.05, 0.1) is 5.56 Å². The molecule has 0 saturated heterocycles. The van der Waals surface area contributed by atoms with Crippen LogP contribution < -0.4 is 4.74 Å². The van der Waals surface area contributed by atoms with Gasteiger partial charge in [-0.05, 0) is 104 Å². The Morgan fingerprint density at radius 3 is 2.26 bits per heavy atom. The molecule has 6 heteroatoms. The van der Waals surface area contributed by atoms with Gasteiger partial charge < -0.3 is 9.84 Å². The van der Waals surface area contributed by atoms with Gasteiger partial charge in [-0.25, -0.2) is 4.79 Å². The molecule has 0 aliphatic rings. The van der Waals surface area contributed by atoms with E-state index >= 15 is 0 Å². The van der Waals surface area contributed by atoms with Crippen molar-refractivity contribution >= 4 is 73.7 Å². The highest BCUT2D eigenvalue weighted by molar-refractivity contribution is 14.1. The first-order valence-corrected chi connectivity index (χ1v) is 10.0. The van der Waals surface area contributed by atoms with E-state index in [1.54, 1.807) is 18.2 Å². The zero-order valence-electron chi connectivity index (χ0n) is 12.8. The number of halogens is 3. The van der Waals surface area contributed by atoms with Gasteiger partial charge in [0.2, 0.25) is 0 Å². The lowest BCUT2D eigenvalue weighted by Crippen LogP contribution is -2.15. The molecule has 0 unspecified atom stereocenters. The van der Waals surface area contributed by atoms with Crippen molar-refractivity contribution in [1.29, 1.82) is 0 Å². The lowest BCUT2D eigenvalue weighted by molar-refractivity contribution is 0.0732. The van der Waals surface area contributed by atoms with Gasteiger partial charge in [-0.15, -0.1) is 0 Å². The lowest BCUT2D eigenvalue weighted by atomic mass is 9.86. The first-order valence-electron chi connectivity index (χ1n) is 6.80. The molecule has 2 aromatic carbocycles. The van der Waals surface area contributed by atoms with E-state index in [1.807, 2.05) is 32.9 Å². The zero-order chi connectivity index (χ0) is 17.4. The van der Waals surface area contributed by atoms with Crippen LogP contribution >= 0.6 is 67.8 Å². The smallest absolute Gasteiger partial charge is 0.345 e. The van der Waals surface area contributed by atoms with Gasteiger partial charge in [0, 0.05) is 16.3 Å².